The Hall–Kier alpha value is -1.95. The number of likely N-dealkylation sites (N-methyl/N-ethyl adjacent to an activating group) is 1. The van der Waals surface area contributed by atoms with Crippen LogP contribution < -0.4 is 0 Å². The van der Waals surface area contributed by atoms with E-state index in [9.17, 15) is 9.59 Å². The Morgan fingerprint density at radius 3 is 2.58 bits per heavy atom. The van der Waals surface area contributed by atoms with Gasteiger partial charge >= 0.3 is 11.9 Å². The molecule has 6 heteroatoms. The fourth-order valence-corrected chi connectivity index (χ4v) is 1.57. The van der Waals surface area contributed by atoms with Gasteiger partial charge in [-0.2, -0.15) is 0 Å². The summed E-state index contributed by atoms with van der Waals surface area (Å²) in [4.78, 5) is 27.8. The fourth-order valence-electron chi connectivity index (χ4n) is 1.57. The summed E-state index contributed by atoms with van der Waals surface area (Å²) in [6.07, 6.45) is 1.51. The number of hydrogen-bond acceptors (Lipinski definition) is 5. The molecule has 1 aromatic rings. The van der Waals surface area contributed by atoms with Crippen molar-refractivity contribution in [3.8, 4) is 0 Å². The van der Waals surface area contributed by atoms with Crippen molar-refractivity contribution in [2.45, 2.75) is 20.4 Å². The highest BCUT2D eigenvalue weighted by Crippen LogP contribution is 2.05. The minimum atomic E-state index is -1.05. The van der Waals surface area contributed by atoms with Gasteiger partial charge in [0.2, 0.25) is 0 Å². The maximum absolute atomic E-state index is 11.4. The number of nitrogens with zero attached hydrogens (tertiary/aromatic N) is 2. The molecule has 1 N–H and O–H groups in total. The Kier molecular flexibility index (Phi) is 5.95. The second-order valence-corrected chi connectivity index (χ2v) is 3.97. The van der Waals surface area contributed by atoms with E-state index >= 15 is 0 Å². The van der Waals surface area contributed by atoms with Crippen LogP contribution in [-0.4, -0.2) is 46.6 Å². The van der Waals surface area contributed by atoms with Crippen LogP contribution in [0.5, 0.6) is 0 Å². The molecule has 0 unspecified atom stereocenters. The van der Waals surface area contributed by atoms with Gasteiger partial charge in [-0.3, -0.25) is 9.69 Å². The van der Waals surface area contributed by atoms with Gasteiger partial charge in [-0.1, -0.05) is 13.0 Å². The maximum atomic E-state index is 11.4. The maximum Gasteiger partial charge on any atom is 0.354 e. The molecule has 104 valence electrons. The van der Waals surface area contributed by atoms with E-state index in [2.05, 4.69) is 4.98 Å². The van der Waals surface area contributed by atoms with Gasteiger partial charge < -0.3 is 9.84 Å². The predicted molar refractivity (Wildman–Crippen MR) is 68.8 cm³/mol. The Bertz CT molecular complexity index is 431. The number of carbonyl (C=O) groups is 2. The molecule has 0 aliphatic heterocycles. The molecule has 0 bridgehead atoms. The zero-order chi connectivity index (χ0) is 14.3. The van der Waals surface area contributed by atoms with Crippen LogP contribution in [0, 0.1) is 0 Å². The molecular formula is C13H18N2O4. The summed E-state index contributed by atoms with van der Waals surface area (Å²) in [5.41, 5.74) is 0.869. The van der Waals surface area contributed by atoms with Crippen molar-refractivity contribution >= 4 is 11.9 Å². The third-order valence-electron chi connectivity index (χ3n) is 2.56. The third-order valence-corrected chi connectivity index (χ3v) is 2.56. The van der Waals surface area contributed by atoms with Crippen LogP contribution in [0.2, 0.25) is 0 Å². The molecule has 0 aromatic carbocycles. The van der Waals surface area contributed by atoms with E-state index in [1.807, 2.05) is 11.8 Å². The van der Waals surface area contributed by atoms with Crippen molar-refractivity contribution in [1.82, 2.24) is 9.88 Å². The van der Waals surface area contributed by atoms with Gasteiger partial charge in [0.05, 0.1) is 13.2 Å². The molecule has 1 heterocycles. The van der Waals surface area contributed by atoms with Crippen molar-refractivity contribution in [1.29, 1.82) is 0 Å². The fraction of sp³-hybridized carbons (Fsp3) is 0.462. The molecule has 0 radical (unpaired) electrons. The van der Waals surface area contributed by atoms with Gasteiger partial charge in [0, 0.05) is 12.7 Å². The van der Waals surface area contributed by atoms with Gasteiger partial charge in [-0.05, 0) is 25.1 Å². The summed E-state index contributed by atoms with van der Waals surface area (Å²) >= 11 is 0. The zero-order valence-electron chi connectivity index (χ0n) is 11.1. The van der Waals surface area contributed by atoms with Gasteiger partial charge in [0.1, 0.15) is 5.69 Å². The number of esters is 1. The molecule has 6 nitrogen and oxygen atoms in total. The molecule has 0 saturated carbocycles. The number of carboxylic acids is 1. The largest absolute Gasteiger partial charge is 0.477 e. The standard InChI is InChI=1S/C13H18N2O4/c1-3-15(9-12(16)19-4-2)8-10-5-6-11(13(17)18)14-7-10/h5-7H,3-4,8-9H2,1-2H3,(H,17,18). The first-order chi connectivity index (χ1) is 9.06. The molecule has 0 aliphatic rings. The number of carbonyl (C=O) groups excluding carboxylic acids is 1. The van der Waals surface area contributed by atoms with E-state index in [4.69, 9.17) is 9.84 Å². The van der Waals surface area contributed by atoms with Gasteiger partial charge in [0.15, 0.2) is 0 Å². The number of carboxylic acid groups (broad SMARTS) is 1. The summed E-state index contributed by atoms with van der Waals surface area (Å²) in [5, 5.41) is 8.75. The minimum Gasteiger partial charge on any atom is -0.477 e. The molecule has 0 atom stereocenters. The third kappa shape index (κ3) is 5.05. The first-order valence-electron chi connectivity index (χ1n) is 6.13. The number of ether oxygens (including phenoxy) is 1. The predicted octanol–water partition coefficient (Wildman–Crippen LogP) is 1.16. The molecule has 19 heavy (non-hydrogen) atoms. The minimum absolute atomic E-state index is 0.0113. The molecule has 1 rings (SSSR count). The number of rotatable bonds is 7. The van der Waals surface area contributed by atoms with Crippen LogP contribution in [-0.2, 0) is 16.1 Å². The number of aromatic carboxylic acids is 1. The average molecular weight is 266 g/mol. The van der Waals surface area contributed by atoms with Crippen molar-refractivity contribution in [2.24, 2.45) is 0 Å². The average Bonchev–Trinajstić information content (AvgIpc) is 2.38. The number of aromatic nitrogens is 1. The number of pyridine rings is 1. The Balaban J connectivity index is 2.60. The molecule has 0 saturated heterocycles. The summed E-state index contributed by atoms with van der Waals surface area (Å²) in [5.74, 6) is -1.31. The Morgan fingerprint density at radius 2 is 2.11 bits per heavy atom. The topological polar surface area (TPSA) is 79.7 Å². The van der Waals surface area contributed by atoms with Gasteiger partial charge in [0.25, 0.3) is 0 Å². The van der Waals surface area contributed by atoms with Crippen LogP contribution in [0.4, 0.5) is 0 Å². The summed E-state index contributed by atoms with van der Waals surface area (Å²) in [6, 6.07) is 3.15. The van der Waals surface area contributed by atoms with Crippen molar-refractivity contribution < 1.29 is 19.4 Å². The molecule has 1 aromatic heterocycles. The second kappa shape index (κ2) is 7.48. The van der Waals surface area contributed by atoms with Crippen LogP contribution in [0.15, 0.2) is 18.3 Å². The van der Waals surface area contributed by atoms with E-state index in [-0.39, 0.29) is 18.2 Å². The lowest BCUT2D eigenvalue weighted by molar-refractivity contribution is -0.144. The SMILES string of the molecule is CCOC(=O)CN(CC)Cc1ccc(C(=O)O)nc1. The summed E-state index contributed by atoms with van der Waals surface area (Å²) in [7, 11) is 0. The van der Waals surface area contributed by atoms with Crippen LogP contribution >= 0.6 is 0 Å². The normalized spacial score (nSPS) is 10.5. The molecule has 0 amide bonds. The number of hydrogen-bond donors (Lipinski definition) is 1. The Labute approximate surface area is 112 Å². The summed E-state index contributed by atoms with van der Waals surface area (Å²) in [6.45, 7) is 5.51. The van der Waals surface area contributed by atoms with Crippen molar-refractivity contribution in [3.63, 3.8) is 0 Å². The zero-order valence-corrected chi connectivity index (χ0v) is 11.1. The van der Waals surface area contributed by atoms with Gasteiger partial charge in [-0.15, -0.1) is 0 Å². The van der Waals surface area contributed by atoms with Crippen LogP contribution in [0.25, 0.3) is 0 Å². The van der Waals surface area contributed by atoms with Gasteiger partial charge in [-0.25, -0.2) is 9.78 Å². The molecule has 0 spiro atoms. The quantitative estimate of drug-likeness (QED) is 0.746. The first-order valence-corrected chi connectivity index (χ1v) is 6.13. The van der Waals surface area contributed by atoms with Crippen molar-refractivity contribution in [3.05, 3.63) is 29.6 Å². The van der Waals surface area contributed by atoms with Crippen LogP contribution in [0.3, 0.4) is 0 Å². The highest BCUT2D eigenvalue weighted by atomic mass is 16.5. The van der Waals surface area contributed by atoms with E-state index in [1.165, 1.54) is 12.3 Å². The van der Waals surface area contributed by atoms with E-state index < -0.39 is 5.97 Å². The highest BCUT2D eigenvalue weighted by molar-refractivity contribution is 5.85. The van der Waals surface area contributed by atoms with Crippen LogP contribution in [0.1, 0.15) is 29.9 Å². The van der Waals surface area contributed by atoms with E-state index in [1.54, 1.807) is 13.0 Å². The summed E-state index contributed by atoms with van der Waals surface area (Å²) < 4.78 is 4.89. The van der Waals surface area contributed by atoms with E-state index in [0.717, 1.165) is 5.56 Å². The lowest BCUT2D eigenvalue weighted by Gasteiger charge is -2.19. The lowest BCUT2D eigenvalue weighted by Crippen LogP contribution is -2.30. The first kappa shape index (κ1) is 15.1. The van der Waals surface area contributed by atoms with Crippen molar-refractivity contribution in [2.75, 3.05) is 19.7 Å². The van der Waals surface area contributed by atoms with E-state index in [0.29, 0.717) is 19.7 Å². The molecular weight excluding hydrogens is 248 g/mol. The molecule has 0 aliphatic carbocycles. The monoisotopic (exact) mass is 266 g/mol. The lowest BCUT2D eigenvalue weighted by atomic mass is 10.2. The highest BCUT2D eigenvalue weighted by Gasteiger charge is 2.11. The second-order valence-electron chi connectivity index (χ2n) is 3.97. The molecule has 0 fully saturated rings. The smallest absolute Gasteiger partial charge is 0.354 e. The Morgan fingerprint density at radius 1 is 1.37 bits per heavy atom.